The Morgan fingerprint density at radius 2 is 1.07 bits per heavy atom. The van der Waals surface area contributed by atoms with E-state index in [1.807, 2.05) is 0 Å². The summed E-state index contributed by atoms with van der Waals surface area (Å²) in [6, 6.07) is 0. The lowest BCUT2D eigenvalue weighted by Gasteiger charge is -2.03. The molecule has 0 aromatic heterocycles. The smallest absolute Gasteiger partial charge is 0.305 e. The minimum absolute atomic E-state index is 0.0522. The van der Waals surface area contributed by atoms with Crippen LogP contribution < -0.4 is 0 Å². The van der Waals surface area contributed by atoms with Crippen LogP contribution in [0.4, 0.5) is 0 Å². The summed E-state index contributed by atoms with van der Waals surface area (Å²) in [5.74, 6) is -0.0522. The molecule has 160 valence electrons. The number of esters is 1. The number of rotatable bonds is 20. The molecule has 0 aromatic rings. The molecule has 0 amide bonds. The Balaban J connectivity index is 1.69. The maximum atomic E-state index is 11.1. The molecule has 2 nitrogen and oxygen atoms in total. The van der Waals surface area contributed by atoms with Gasteiger partial charge in [0.15, 0.2) is 0 Å². The third-order valence-corrected chi connectivity index (χ3v) is 7.40. The molecular formula is C24H46O2S. The summed E-state index contributed by atoms with van der Waals surface area (Å²) in [4.78, 5) is 11.1. The van der Waals surface area contributed by atoms with E-state index >= 15 is 0 Å². The molecule has 1 rings (SSSR count). The lowest BCUT2D eigenvalue weighted by molar-refractivity contribution is -0.140. The first-order valence-corrected chi connectivity index (χ1v) is 12.9. The van der Waals surface area contributed by atoms with Gasteiger partial charge in [-0.15, -0.1) is 0 Å². The van der Waals surface area contributed by atoms with E-state index in [1.54, 1.807) is 0 Å². The number of ether oxygens (including phenoxy) is 1. The van der Waals surface area contributed by atoms with Crippen LogP contribution in [0.3, 0.4) is 0 Å². The lowest BCUT2D eigenvalue weighted by atomic mass is 10.0. The summed E-state index contributed by atoms with van der Waals surface area (Å²) >= 11 is 2.07. The van der Waals surface area contributed by atoms with Crippen molar-refractivity contribution in [3.63, 3.8) is 0 Å². The van der Waals surface area contributed by atoms with Gasteiger partial charge < -0.3 is 4.74 Å². The zero-order valence-electron chi connectivity index (χ0n) is 18.3. The van der Waals surface area contributed by atoms with E-state index in [0.29, 0.717) is 6.42 Å². The average molecular weight is 399 g/mol. The van der Waals surface area contributed by atoms with Crippen molar-refractivity contribution in [3.8, 4) is 0 Å². The summed E-state index contributed by atoms with van der Waals surface area (Å²) < 4.78 is 4.71. The highest BCUT2D eigenvalue weighted by atomic mass is 32.2. The molecule has 0 saturated carbocycles. The van der Waals surface area contributed by atoms with E-state index in [0.717, 1.165) is 16.9 Å². The van der Waals surface area contributed by atoms with E-state index in [9.17, 15) is 4.79 Å². The monoisotopic (exact) mass is 398 g/mol. The van der Waals surface area contributed by atoms with Crippen LogP contribution >= 0.6 is 11.8 Å². The molecule has 0 N–H and O–H groups in total. The highest BCUT2D eigenvalue weighted by Gasteiger charge is 2.37. The van der Waals surface area contributed by atoms with Crippen LogP contribution in [-0.4, -0.2) is 23.6 Å². The van der Waals surface area contributed by atoms with Gasteiger partial charge in [-0.05, 0) is 12.8 Å². The molecule has 2 atom stereocenters. The molecular weight excluding hydrogens is 352 g/mol. The fourth-order valence-corrected chi connectivity index (χ4v) is 5.13. The molecule has 1 fully saturated rings. The van der Waals surface area contributed by atoms with Crippen molar-refractivity contribution in [2.45, 2.75) is 139 Å². The molecule has 1 heterocycles. The van der Waals surface area contributed by atoms with E-state index in [1.165, 1.54) is 116 Å². The number of thioether (sulfide) groups is 1. The van der Waals surface area contributed by atoms with E-state index in [2.05, 4.69) is 18.7 Å². The van der Waals surface area contributed by atoms with Gasteiger partial charge in [0.2, 0.25) is 0 Å². The van der Waals surface area contributed by atoms with E-state index in [4.69, 9.17) is 4.74 Å². The summed E-state index contributed by atoms with van der Waals surface area (Å²) in [7, 11) is 1.48. The number of hydrogen-bond donors (Lipinski definition) is 0. The molecule has 1 saturated heterocycles. The van der Waals surface area contributed by atoms with Crippen LogP contribution in [0.1, 0.15) is 129 Å². The third-order valence-electron chi connectivity index (χ3n) is 5.89. The van der Waals surface area contributed by atoms with Gasteiger partial charge in [0.25, 0.3) is 0 Å². The largest absolute Gasteiger partial charge is 0.469 e. The SMILES string of the molecule is CCCCCCCCCCCCCCCCCCC1SC1CCC(=O)OC. The van der Waals surface area contributed by atoms with Crippen LogP contribution in [0.25, 0.3) is 0 Å². The lowest BCUT2D eigenvalue weighted by Crippen LogP contribution is -2.03. The first-order chi connectivity index (χ1) is 13.3. The second-order valence-electron chi connectivity index (χ2n) is 8.42. The highest BCUT2D eigenvalue weighted by Crippen LogP contribution is 2.47. The average Bonchev–Trinajstić information content (AvgIpc) is 3.44. The minimum Gasteiger partial charge on any atom is -0.469 e. The van der Waals surface area contributed by atoms with Crippen molar-refractivity contribution in [3.05, 3.63) is 0 Å². The first-order valence-electron chi connectivity index (χ1n) is 12.0. The van der Waals surface area contributed by atoms with Crippen LogP contribution in [0.2, 0.25) is 0 Å². The second-order valence-corrected chi connectivity index (χ2v) is 9.90. The van der Waals surface area contributed by atoms with Crippen molar-refractivity contribution in [1.29, 1.82) is 0 Å². The Morgan fingerprint density at radius 1 is 0.667 bits per heavy atom. The molecule has 1 aliphatic heterocycles. The van der Waals surface area contributed by atoms with Gasteiger partial charge in [-0.1, -0.05) is 110 Å². The van der Waals surface area contributed by atoms with Crippen LogP contribution in [-0.2, 0) is 9.53 Å². The van der Waals surface area contributed by atoms with Crippen LogP contribution in [0, 0.1) is 0 Å². The van der Waals surface area contributed by atoms with Crippen molar-refractivity contribution in [2.75, 3.05) is 7.11 Å². The molecule has 0 aromatic carbocycles. The van der Waals surface area contributed by atoms with Crippen molar-refractivity contribution in [1.82, 2.24) is 0 Å². The quantitative estimate of drug-likeness (QED) is 0.118. The number of carbonyl (C=O) groups excluding carboxylic acids is 1. The highest BCUT2D eigenvalue weighted by molar-refractivity contribution is 8.07. The van der Waals surface area contributed by atoms with Crippen LogP contribution in [0.5, 0.6) is 0 Å². The van der Waals surface area contributed by atoms with Gasteiger partial charge in [-0.2, -0.15) is 11.8 Å². The van der Waals surface area contributed by atoms with Crippen molar-refractivity contribution < 1.29 is 9.53 Å². The molecule has 27 heavy (non-hydrogen) atoms. The third kappa shape index (κ3) is 15.4. The number of unbranched alkanes of at least 4 members (excludes halogenated alkanes) is 15. The fourth-order valence-electron chi connectivity index (χ4n) is 3.94. The number of methoxy groups -OCH3 is 1. The Labute approximate surface area is 174 Å². The Kier molecular flexibility index (Phi) is 16.5. The van der Waals surface area contributed by atoms with E-state index in [-0.39, 0.29) is 5.97 Å². The van der Waals surface area contributed by atoms with E-state index < -0.39 is 0 Å². The zero-order valence-corrected chi connectivity index (χ0v) is 19.1. The van der Waals surface area contributed by atoms with Gasteiger partial charge in [0.05, 0.1) is 7.11 Å². The maximum Gasteiger partial charge on any atom is 0.305 e. The van der Waals surface area contributed by atoms with Crippen LogP contribution in [0.15, 0.2) is 0 Å². The molecule has 0 aliphatic carbocycles. The molecule has 0 bridgehead atoms. The summed E-state index contributed by atoms with van der Waals surface area (Å²) in [5.41, 5.74) is 0. The Morgan fingerprint density at radius 3 is 1.52 bits per heavy atom. The molecule has 0 spiro atoms. The molecule has 1 aliphatic rings. The standard InChI is InChI=1S/C24H46O2S/c1-3-4-5-6-7-8-9-10-11-12-13-14-15-16-17-18-19-22-23(27-22)20-21-24(25)26-2/h22-23H,3-21H2,1-2H3. The van der Waals surface area contributed by atoms with Gasteiger partial charge in [-0.25, -0.2) is 0 Å². The molecule has 2 unspecified atom stereocenters. The first kappa shape index (κ1) is 24.9. The van der Waals surface area contributed by atoms with Crippen molar-refractivity contribution >= 4 is 17.7 Å². The maximum absolute atomic E-state index is 11.1. The summed E-state index contributed by atoms with van der Waals surface area (Å²) in [5, 5.41) is 1.57. The number of hydrogen-bond acceptors (Lipinski definition) is 3. The fraction of sp³-hybridized carbons (Fsp3) is 0.958. The minimum atomic E-state index is -0.0522. The molecule has 3 heteroatoms. The second kappa shape index (κ2) is 17.9. The molecule has 0 radical (unpaired) electrons. The summed E-state index contributed by atoms with van der Waals surface area (Å²) in [6.45, 7) is 2.29. The predicted octanol–water partition coefficient (Wildman–Crippen LogP) is 8.08. The Hall–Kier alpha value is -0.180. The van der Waals surface area contributed by atoms with Crippen molar-refractivity contribution in [2.24, 2.45) is 0 Å². The van der Waals surface area contributed by atoms with Gasteiger partial charge >= 0.3 is 5.97 Å². The zero-order chi connectivity index (χ0) is 19.6. The van der Waals surface area contributed by atoms with Gasteiger partial charge in [-0.3, -0.25) is 4.79 Å². The van der Waals surface area contributed by atoms with Gasteiger partial charge in [0, 0.05) is 16.9 Å². The predicted molar refractivity (Wildman–Crippen MR) is 121 cm³/mol. The summed E-state index contributed by atoms with van der Waals surface area (Å²) in [6.07, 6.45) is 26.0. The Bertz CT molecular complexity index is 345. The topological polar surface area (TPSA) is 26.3 Å². The van der Waals surface area contributed by atoms with Gasteiger partial charge in [0.1, 0.15) is 0 Å². The number of carbonyl (C=O) groups is 1. The normalized spacial score (nSPS) is 18.6.